The highest BCUT2D eigenvalue weighted by Gasteiger charge is 2.40. The Kier molecular flexibility index (Phi) is 10.7. The molecule has 0 atom stereocenters. The Morgan fingerprint density at radius 3 is 1.60 bits per heavy atom. The van der Waals surface area contributed by atoms with Crippen LogP contribution >= 0.6 is 0 Å². The van der Waals surface area contributed by atoms with E-state index >= 15 is 0 Å². The van der Waals surface area contributed by atoms with Crippen LogP contribution in [0.4, 0.5) is 32.0 Å². The Bertz CT molecular complexity index is 1740. The van der Waals surface area contributed by atoms with Crippen LogP contribution in [-0.4, -0.2) is 48.9 Å². The molecule has 0 heterocycles. The lowest BCUT2D eigenvalue weighted by Crippen LogP contribution is -2.44. The molecule has 0 saturated heterocycles. The van der Waals surface area contributed by atoms with E-state index in [-0.39, 0.29) is 34.2 Å². The molecule has 3 rings (SSSR count). The first-order chi connectivity index (χ1) is 22.0. The molecule has 3 aromatic rings. The van der Waals surface area contributed by atoms with Crippen molar-refractivity contribution in [3.05, 3.63) is 87.5 Å². The lowest BCUT2D eigenvalue weighted by atomic mass is 9.80. The van der Waals surface area contributed by atoms with Crippen molar-refractivity contribution in [3.8, 4) is 11.1 Å². The molecule has 3 aromatic carbocycles. The molecule has 0 bridgehead atoms. The summed E-state index contributed by atoms with van der Waals surface area (Å²) in [4.78, 5) is 53.1. The third-order valence-electron chi connectivity index (χ3n) is 9.30. The number of rotatable bonds is 10. The quantitative estimate of drug-likeness (QED) is 0.159. The Labute approximate surface area is 275 Å². The van der Waals surface area contributed by atoms with Gasteiger partial charge in [-0.1, -0.05) is 45.9 Å². The molecule has 0 aromatic heterocycles. The molecule has 6 nitrogen and oxygen atoms in total. The normalized spacial score (nSPS) is 12.5. The second kappa shape index (κ2) is 13.6. The zero-order valence-corrected chi connectivity index (χ0v) is 28.0. The highest BCUT2D eigenvalue weighted by Crippen LogP contribution is 2.45. The van der Waals surface area contributed by atoms with E-state index in [4.69, 9.17) is 0 Å². The molecule has 0 fully saturated rings. The van der Waals surface area contributed by atoms with Crippen LogP contribution in [-0.2, 0) is 17.8 Å². The van der Waals surface area contributed by atoms with Gasteiger partial charge in [-0.15, -0.1) is 0 Å². The van der Waals surface area contributed by atoms with Gasteiger partial charge in [0, 0.05) is 36.4 Å². The number of hydrogen-bond donors (Lipinski definition) is 0. The summed E-state index contributed by atoms with van der Waals surface area (Å²) in [5, 5.41) is 0. The summed E-state index contributed by atoms with van der Waals surface area (Å²) in [6, 6.07) is 7.85. The molecular formula is C36H38F6N2O4. The van der Waals surface area contributed by atoms with Crippen molar-refractivity contribution in [2.24, 2.45) is 0 Å². The van der Waals surface area contributed by atoms with Gasteiger partial charge in [0.25, 0.3) is 11.8 Å². The zero-order chi connectivity index (χ0) is 36.6. The molecule has 0 aliphatic heterocycles. The van der Waals surface area contributed by atoms with Crippen LogP contribution in [0, 0.1) is 0 Å². The molecule has 48 heavy (non-hydrogen) atoms. The van der Waals surface area contributed by atoms with Crippen molar-refractivity contribution in [2.75, 3.05) is 19.0 Å². The summed E-state index contributed by atoms with van der Waals surface area (Å²) in [6.45, 7) is 10.7. The number of hydrogen-bond acceptors (Lipinski definition) is 4. The van der Waals surface area contributed by atoms with E-state index in [0.29, 0.717) is 30.8 Å². The van der Waals surface area contributed by atoms with Gasteiger partial charge < -0.3 is 9.80 Å². The van der Waals surface area contributed by atoms with Crippen LogP contribution < -0.4 is 4.90 Å². The maximum absolute atomic E-state index is 14.5. The number of carbonyl (C=O) groups excluding carboxylic acids is 4. The van der Waals surface area contributed by atoms with Crippen LogP contribution in [0.2, 0.25) is 0 Å². The van der Waals surface area contributed by atoms with E-state index in [0.717, 1.165) is 48.3 Å². The van der Waals surface area contributed by atoms with Crippen molar-refractivity contribution in [3.63, 3.8) is 0 Å². The smallest absolute Gasteiger partial charge is 0.337 e. The SMILES string of the molecule is CCC(C)(C)c1ccc(-c2ccc(N(C)C(=O)c3cc(C(=O)N(C)C(C)(C)CC)c(C=O)cc3C=O)cc2C(F)(F)F)c(C(F)(F)F)c1. The van der Waals surface area contributed by atoms with Gasteiger partial charge in [-0.25, -0.2) is 0 Å². The fraction of sp³-hybridized carbons (Fsp3) is 0.389. The van der Waals surface area contributed by atoms with Crippen molar-refractivity contribution < 1.29 is 45.5 Å². The summed E-state index contributed by atoms with van der Waals surface area (Å²) in [5.74, 6) is -1.63. The maximum atomic E-state index is 14.5. The summed E-state index contributed by atoms with van der Waals surface area (Å²) in [6.07, 6.45) is -8.46. The number of aldehydes is 2. The average molecular weight is 677 g/mol. The molecule has 12 heteroatoms. The molecule has 0 radical (unpaired) electrons. The second-order valence-electron chi connectivity index (χ2n) is 12.9. The van der Waals surface area contributed by atoms with E-state index in [1.54, 1.807) is 34.6 Å². The molecule has 2 amide bonds. The minimum Gasteiger partial charge on any atom is -0.337 e. The Hall–Kier alpha value is -4.48. The predicted octanol–water partition coefficient (Wildman–Crippen LogP) is 9.24. The molecule has 0 saturated carbocycles. The van der Waals surface area contributed by atoms with Crippen LogP contribution in [0.5, 0.6) is 0 Å². The van der Waals surface area contributed by atoms with Crippen LogP contribution in [0.15, 0.2) is 48.5 Å². The van der Waals surface area contributed by atoms with E-state index < -0.39 is 57.4 Å². The minimum atomic E-state index is -5.13. The number of alkyl halides is 6. The highest BCUT2D eigenvalue weighted by molar-refractivity contribution is 6.13. The molecular weight excluding hydrogens is 638 g/mol. The number of benzene rings is 3. The monoisotopic (exact) mass is 676 g/mol. The van der Waals surface area contributed by atoms with Gasteiger partial charge >= 0.3 is 12.4 Å². The third kappa shape index (κ3) is 7.47. The molecule has 258 valence electrons. The third-order valence-corrected chi connectivity index (χ3v) is 9.30. The van der Waals surface area contributed by atoms with Gasteiger partial charge in [-0.05, 0) is 79.1 Å². The fourth-order valence-corrected chi connectivity index (χ4v) is 5.04. The van der Waals surface area contributed by atoms with Crippen LogP contribution in [0.1, 0.15) is 113 Å². The van der Waals surface area contributed by atoms with Gasteiger partial charge in [0.2, 0.25) is 0 Å². The standard InChI is InChI=1S/C36H38F6N2O4/c1-9-33(3,4)23-11-13-25(29(16-23)35(37,38)39)26-14-12-24(17-30(26)36(40,41)42)43(7)31(47)27-18-28(22(20-46)15-21(27)19-45)32(48)44(8)34(5,6)10-2/h11-20H,9-10H2,1-8H3. The van der Waals surface area contributed by atoms with Gasteiger partial charge in [0.05, 0.1) is 22.3 Å². The first-order valence-corrected chi connectivity index (χ1v) is 15.1. The second-order valence-corrected chi connectivity index (χ2v) is 12.9. The van der Waals surface area contributed by atoms with Crippen molar-refractivity contribution >= 4 is 30.1 Å². The Morgan fingerprint density at radius 2 is 1.15 bits per heavy atom. The first-order valence-electron chi connectivity index (χ1n) is 15.1. The highest BCUT2D eigenvalue weighted by atomic mass is 19.4. The van der Waals surface area contributed by atoms with Crippen LogP contribution in [0.25, 0.3) is 11.1 Å². The maximum Gasteiger partial charge on any atom is 0.417 e. The number of amides is 2. The van der Waals surface area contributed by atoms with Crippen molar-refractivity contribution in [1.29, 1.82) is 0 Å². The summed E-state index contributed by atoms with van der Waals surface area (Å²) in [7, 11) is 2.63. The number of halogens is 6. The lowest BCUT2D eigenvalue weighted by Gasteiger charge is -2.35. The van der Waals surface area contributed by atoms with Gasteiger partial charge in [-0.2, -0.15) is 26.3 Å². The average Bonchev–Trinajstić information content (AvgIpc) is 3.04. The summed E-state index contributed by atoms with van der Waals surface area (Å²) >= 11 is 0. The van der Waals surface area contributed by atoms with Crippen molar-refractivity contribution in [2.45, 2.75) is 77.7 Å². The predicted molar refractivity (Wildman–Crippen MR) is 172 cm³/mol. The van der Waals surface area contributed by atoms with Crippen LogP contribution in [0.3, 0.4) is 0 Å². The molecule has 0 spiro atoms. The largest absolute Gasteiger partial charge is 0.417 e. The van der Waals surface area contributed by atoms with Crippen molar-refractivity contribution in [1.82, 2.24) is 4.90 Å². The van der Waals surface area contributed by atoms with E-state index in [1.165, 1.54) is 18.0 Å². The lowest BCUT2D eigenvalue weighted by molar-refractivity contribution is -0.139. The van der Waals surface area contributed by atoms with Gasteiger partial charge in [0.1, 0.15) is 0 Å². The topological polar surface area (TPSA) is 74.8 Å². The van der Waals surface area contributed by atoms with E-state index in [2.05, 4.69) is 0 Å². The Morgan fingerprint density at radius 1 is 0.667 bits per heavy atom. The summed E-state index contributed by atoms with van der Waals surface area (Å²) < 4.78 is 86.3. The Balaban J connectivity index is 2.20. The minimum absolute atomic E-state index is 0.169. The van der Waals surface area contributed by atoms with Gasteiger partial charge in [-0.3, -0.25) is 19.2 Å². The molecule has 0 aliphatic carbocycles. The summed E-state index contributed by atoms with van der Waals surface area (Å²) in [5.41, 5.74) is -6.45. The number of carbonyl (C=O) groups is 4. The molecule has 0 N–H and O–H groups in total. The fourth-order valence-electron chi connectivity index (χ4n) is 5.04. The molecule has 0 unspecified atom stereocenters. The van der Waals surface area contributed by atoms with E-state index in [1.807, 2.05) is 6.92 Å². The zero-order valence-electron chi connectivity index (χ0n) is 28.0. The van der Waals surface area contributed by atoms with E-state index in [9.17, 15) is 45.5 Å². The van der Waals surface area contributed by atoms with Gasteiger partial charge in [0.15, 0.2) is 12.6 Å². The first kappa shape index (κ1) is 38.0. The number of nitrogens with zero attached hydrogens (tertiary/aromatic N) is 2. The molecule has 0 aliphatic rings. The number of anilines is 1.